The number of carboxylic acid groups (broad SMARTS) is 1. The number of hydrogen-bond donors (Lipinski definition) is 2. The number of rotatable bonds is 3. The van der Waals surface area contributed by atoms with Crippen LogP contribution in [0.5, 0.6) is 5.75 Å². The van der Waals surface area contributed by atoms with Crippen LogP contribution in [0.3, 0.4) is 0 Å². The Kier molecular flexibility index (Phi) is 3.79. The molecule has 3 amide bonds. The standard InChI is InChI=1S/C13H12N2O6/c1-14-8-4-3-7(5-9(8)20-2)6-10-11(16)15(12(17)18)13(19)21-10/h3-6,14H,1-2H3,(H,17,18)/b10-6+. The largest absolute Gasteiger partial charge is 0.495 e. The van der Waals surface area contributed by atoms with E-state index in [4.69, 9.17) is 9.84 Å². The van der Waals surface area contributed by atoms with Crippen LogP contribution in [0, 0.1) is 0 Å². The number of imide groups is 3. The molecule has 0 saturated carbocycles. The fraction of sp³-hybridized carbons (Fsp3) is 0.154. The fourth-order valence-corrected chi connectivity index (χ4v) is 1.79. The molecule has 8 heteroatoms. The third-order valence-corrected chi connectivity index (χ3v) is 2.78. The number of carbonyl (C=O) groups is 3. The number of methoxy groups -OCH3 is 1. The molecule has 2 N–H and O–H groups in total. The third-order valence-electron chi connectivity index (χ3n) is 2.78. The zero-order chi connectivity index (χ0) is 15.6. The number of ether oxygens (including phenoxy) is 2. The van der Waals surface area contributed by atoms with Gasteiger partial charge in [0, 0.05) is 7.05 Å². The van der Waals surface area contributed by atoms with Crippen molar-refractivity contribution >= 4 is 29.9 Å². The van der Waals surface area contributed by atoms with Crippen LogP contribution < -0.4 is 10.1 Å². The Labute approximate surface area is 119 Å². The van der Waals surface area contributed by atoms with Crippen molar-refractivity contribution in [2.45, 2.75) is 0 Å². The predicted octanol–water partition coefficient (Wildman–Crippen LogP) is 1.73. The van der Waals surface area contributed by atoms with Gasteiger partial charge in [-0.15, -0.1) is 4.90 Å². The minimum atomic E-state index is -1.68. The highest BCUT2D eigenvalue weighted by Gasteiger charge is 2.41. The highest BCUT2D eigenvalue weighted by molar-refractivity contribution is 6.18. The molecular weight excluding hydrogens is 280 g/mol. The Hall–Kier alpha value is -3.03. The molecule has 1 aromatic carbocycles. The monoisotopic (exact) mass is 292 g/mol. The highest BCUT2D eigenvalue weighted by atomic mass is 16.6. The van der Waals surface area contributed by atoms with E-state index < -0.39 is 18.1 Å². The average molecular weight is 292 g/mol. The van der Waals surface area contributed by atoms with E-state index >= 15 is 0 Å². The summed E-state index contributed by atoms with van der Waals surface area (Å²) in [5.74, 6) is -0.857. The molecule has 1 saturated heterocycles. The summed E-state index contributed by atoms with van der Waals surface area (Å²) in [6.45, 7) is 0. The molecule has 1 heterocycles. The molecule has 0 bridgehead atoms. The van der Waals surface area contributed by atoms with E-state index in [-0.39, 0.29) is 10.7 Å². The minimum absolute atomic E-state index is 0.00499. The number of cyclic esters (lactones) is 1. The molecule has 0 aromatic heterocycles. The Morgan fingerprint density at radius 3 is 2.67 bits per heavy atom. The summed E-state index contributed by atoms with van der Waals surface area (Å²) >= 11 is 0. The Morgan fingerprint density at radius 2 is 2.14 bits per heavy atom. The summed E-state index contributed by atoms with van der Waals surface area (Å²) < 4.78 is 9.80. The number of amides is 3. The van der Waals surface area contributed by atoms with Crippen LogP contribution in [-0.4, -0.2) is 42.3 Å². The number of hydrogen-bond acceptors (Lipinski definition) is 6. The van der Waals surface area contributed by atoms with Crippen molar-refractivity contribution in [3.63, 3.8) is 0 Å². The number of carbonyl (C=O) groups excluding carboxylic acids is 2. The third kappa shape index (κ3) is 2.64. The van der Waals surface area contributed by atoms with Gasteiger partial charge in [-0.25, -0.2) is 9.59 Å². The molecule has 1 aromatic rings. The summed E-state index contributed by atoms with van der Waals surface area (Å²) in [5.41, 5.74) is 1.26. The van der Waals surface area contributed by atoms with Gasteiger partial charge in [0.25, 0.3) is 0 Å². The zero-order valence-electron chi connectivity index (χ0n) is 11.2. The maximum absolute atomic E-state index is 11.7. The van der Waals surface area contributed by atoms with Gasteiger partial charge in [-0.05, 0) is 23.8 Å². The van der Waals surface area contributed by atoms with Crippen LogP contribution in [0.1, 0.15) is 5.56 Å². The van der Waals surface area contributed by atoms with Gasteiger partial charge in [0.05, 0.1) is 12.8 Å². The molecular formula is C13H12N2O6. The van der Waals surface area contributed by atoms with Gasteiger partial charge in [-0.1, -0.05) is 6.07 Å². The van der Waals surface area contributed by atoms with E-state index in [2.05, 4.69) is 10.1 Å². The molecule has 0 spiro atoms. The number of nitrogens with one attached hydrogen (secondary N) is 1. The summed E-state index contributed by atoms with van der Waals surface area (Å²) in [4.78, 5) is 33.8. The van der Waals surface area contributed by atoms with E-state index in [1.54, 1.807) is 25.2 Å². The lowest BCUT2D eigenvalue weighted by atomic mass is 10.1. The molecule has 1 aliphatic rings. The molecule has 110 valence electrons. The second-order valence-electron chi connectivity index (χ2n) is 4.01. The molecule has 0 aliphatic carbocycles. The number of anilines is 1. The van der Waals surface area contributed by atoms with Gasteiger partial charge in [-0.2, -0.15) is 0 Å². The second kappa shape index (κ2) is 5.53. The van der Waals surface area contributed by atoms with E-state index in [1.807, 2.05) is 0 Å². The van der Waals surface area contributed by atoms with E-state index in [9.17, 15) is 14.4 Å². The predicted molar refractivity (Wildman–Crippen MR) is 71.9 cm³/mol. The Bertz CT molecular complexity index is 652. The van der Waals surface area contributed by atoms with Crippen LogP contribution in [0.15, 0.2) is 24.0 Å². The molecule has 0 atom stereocenters. The maximum Gasteiger partial charge on any atom is 0.432 e. The van der Waals surface area contributed by atoms with Crippen LogP contribution in [0.2, 0.25) is 0 Å². The van der Waals surface area contributed by atoms with Gasteiger partial charge in [0.15, 0.2) is 5.76 Å². The molecule has 2 rings (SSSR count). The second-order valence-corrected chi connectivity index (χ2v) is 4.01. The van der Waals surface area contributed by atoms with Crippen LogP contribution in [-0.2, 0) is 9.53 Å². The fourth-order valence-electron chi connectivity index (χ4n) is 1.79. The Balaban J connectivity index is 2.35. The first-order chi connectivity index (χ1) is 9.97. The smallest absolute Gasteiger partial charge is 0.432 e. The normalized spacial score (nSPS) is 16.1. The van der Waals surface area contributed by atoms with Crippen molar-refractivity contribution < 1.29 is 29.0 Å². The van der Waals surface area contributed by atoms with Crippen molar-refractivity contribution in [2.75, 3.05) is 19.5 Å². The summed E-state index contributed by atoms with van der Waals surface area (Å²) in [6, 6.07) is 4.98. The lowest BCUT2D eigenvalue weighted by Crippen LogP contribution is -2.33. The quantitative estimate of drug-likeness (QED) is 0.817. The van der Waals surface area contributed by atoms with E-state index in [0.717, 1.165) is 5.69 Å². The first-order valence-electron chi connectivity index (χ1n) is 5.84. The van der Waals surface area contributed by atoms with Gasteiger partial charge in [0.2, 0.25) is 0 Å². The number of benzene rings is 1. The molecule has 8 nitrogen and oxygen atoms in total. The van der Waals surface area contributed by atoms with Crippen LogP contribution >= 0.6 is 0 Å². The van der Waals surface area contributed by atoms with Gasteiger partial charge in [0.1, 0.15) is 5.75 Å². The van der Waals surface area contributed by atoms with Gasteiger partial charge in [-0.3, -0.25) is 4.79 Å². The lowest BCUT2D eigenvalue weighted by Gasteiger charge is -2.08. The molecule has 0 radical (unpaired) electrons. The summed E-state index contributed by atoms with van der Waals surface area (Å²) in [5, 5.41) is 11.7. The number of nitrogens with zero attached hydrogens (tertiary/aromatic N) is 1. The van der Waals surface area contributed by atoms with E-state index in [0.29, 0.717) is 11.3 Å². The first-order valence-corrected chi connectivity index (χ1v) is 5.84. The molecule has 1 aliphatic heterocycles. The van der Waals surface area contributed by atoms with E-state index in [1.165, 1.54) is 13.2 Å². The minimum Gasteiger partial charge on any atom is -0.495 e. The Morgan fingerprint density at radius 1 is 1.43 bits per heavy atom. The topological polar surface area (TPSA) is 105 Å². The van der Waals surface area contributed by atoms with Gasteiger partial charge < -0.3 is 19.9 Å². The van der Waals surface area contributed by atoms with Crippen molar-refractivity contribution in [3.05, 3.63) is 29.5 Å². The summed E-state index contributed by atoms with van der Waals surface area (Å²) in [6.07, 6.45) is -1.65. The van der Waals surface area contributed by atoms with Crippen molar-refractivity contribution in [3.8, 4) is 5.75 Å². The van der Waals surface area contributed by atoms with Crippen molar-refractivity contribution in [2.24, 2.45) is 0 Å². The molecule has 21 heavy (non-hydrogen) atoms. The van der Waals surface area contributed by atoms with Crippen molar-refractivity contribution in [1.82, 2.24) is 4.90 Å². The average Bonchev–Trinajstić information content (AvgIpc) is 2.73. The zero-order valence-corrected chi connectivity index (χ0v) is 11.2. The maximum atomic E-state index is 11.7. The first kappa shape index (κ1) is 14.4. The van der Waals surface area contributed by atoms with Crippen LogP contribution in [0.4, 0.5) is 15.3 Å². The van der Waals surface area contributed by atoms with Crippen molar-refractivity contribution in [1.29, 1.82) is 0 Å². The lowest BCUT2D eigenvalue weighted by molar-refractivity contribution is -0.121. The summed E-state index contributed by atoms with van der Waals surface area (Å²) in [7, 11) is 3.21. The molecule has 1 fully saturated rings. The SMILES string of the molecule is CNc1ccc(/C=C2/OC(=O)N(C(=O)O)C2=O)cc1OC. The van der Waals surface area contributed by atoms with Crippen LogP contribution in [0.25, 0.3) is 6.08 Å². The molecule has 0 unspecified atom stereocenters. The van der Waals surface area contributed by atoms with Gasteiger partial charge >= 0.3 is 18.1 Å². The highest BCUT2D eigenvalue weighted by Crippen LogP contribution is 2.27.